The van der Waals surface area contributed by atoms with Gasteiger partial charge in [0.15, 0.2) is 23.0 Å². The lowest BCUT2D eigenvalue weighted by Gasteiger charge is -2.27. The van der Waals surface area contributed by atoms with Gasteiger partial charge in [0.1, 0.15) is 5.58 Å². The van der Waals surface area contributed by atoms with Gasteiger partial charge in [-0.15, -0.1) is 0 Å². The maximum atomic E-state index is 13.6. The topological polar surface area (TPSA) is 98.4 Å². The molecule has 1 aliphatic rings. The van der Waals surface area contributed by atoms with Crippen molar-refractivity contribution < 1.29 is 33.3 Å². The van der Waals surface area contributed by atoms with Gasteiger partial charge in [-0.05, 0) is 48.9 Å². The normalized spacial score (nSPS) is 15.9. The molecule has 2 heterocycles. The predicted octanol–water partition coefficient (Wildman–Crippen LogP) is 4.72. The summed E-state index contributed by atoms with van der Waals surface area (Å²) < 4.78 is 21.9. The number of rotatable bonds is 9. The number of aliphatic hydroxyl groups is 1. The molecule has 0 spiro atoms. The number of aliphatic hydroxyl groups excluding tert-OH is 1. The van der Waals surface area contributed by atoms with E-state index < -0.39 is 23.5 Å². The molecule has 0 fully saturated rings. The van der Waals surface area contributed by atoms with Gasteiger partial charge in [-0.25, -0.2) is 0 Å². The van der Waals surface area contributed by atoms with Crippen LogP contribution in [-0.2, 0) is 9.53 Å². The van der Waals surface area contributed by atoms with Crippen molar-refractivity contribution in [2.45, 2.75) is 13.0 Å². The van der Waals surface area contributed by atoms with Crippen molar-refractivity contribution in [3.8, 4) is 11.5 Å². The number of amides is 1. The molecule has 8 nitrogen and oxygen atoms in total. The van der Waals surface area contributed by atoms with Crippen LogP contribution in [0, 0.1) is 0 Å². The van der Waals surface area contributed by atoms with Crippen molar-refractivity contribution in [3.63, 3.8) is 0 Å². The summed E-state index contributed by atoms with van der Waals surface area (Å²) in [6.07, 6.45) is 0. The summed E-state index contributed by atoms with van der Waals surface area (Å²) in [5, 5.41) is 11.9. The van der Waals surface area contributed by atoms with Crippen LogP contribution in [0.5, 0.6) is 11.5 Å². The molecule has 0 saturated heterocycles. The van der Waals surface area contributed by atoms with Crippen molar-refractivity contribution in [1.82, 2.24) is 4.90 Å². The van der Waals surface area contributed by atoms with Crippen LogP contribution >= 0.6 is 11.6 Å². The summed E-state index contributed by atoms with van der Waals surface area (Å²) >= 11 is 6.05. The van der Waals surface area contributed by atoms with Crippen LogP contribution in [0.15, 0.2) is 58.2 Å². The highest BCUT2D eigenvalue weighted by Gasteiger charge is 2.44. The van der Waals surface area contributed by atoms with Gasteiger partial charge in [-0.2, -0.15) is 0 Å². The summed E-state index contributed by atoms with van der Waals surface area (Å²) in [5.74, 6) is -0.941. The molecule has 1 atom stereocenters. The third kappa shape index (κ3) is 4.22. The minimum atomic E-state index is -0.878. The second-order valence-corrected chi connectivity index (χ2v) is 8.06. The van der Waals surface area contributed by atoms with Crippen LogP contribution < -0.4 is 9.47 Å². The van der Waals surface area contributed by atoms with E-state index in [1.165, 1.54) is 19.1 Å². The van der Waals surface area contributed by atoms with Gasteiger partial charge in [0.25, 0.3) is 5.91 Å². The van der Waals surface area contributed by atoms with E-state index in [0.29, 0.717) is 39.7 Å². The number of hydrogen-bond acceptors (Lipinski definition) is 7. The zero-order valence-electron chi connectivity index (χ0n) is 19.0. The lowest BCUT2D eigenvalue weighted by atomic mass is 9.94. The largest absolute Gasteiger partial charge is 0.503 e. The number of halogens is 1. The standard InChI is InChI=1S/C25H24ClNO7/c1-4-33-19-12-14(5-7-18(19)32-3)22-21(24(29)25(30)27(22)9-10-31-2)23(28)20-13-15-11-16(26)6-8-17(15)34-20/h5-8,11-13,22,29H,4,9-10H2,1-3H3. The Morgan fingerprint density at radius 3 is 2.65 bits per heavy atom. The number of hydrogen-bond donors (Lipinski definition) is 1. The Morgan fingerprint density at radius 2 is 1.94 bits per heavy atom. The number of ketones is 1. The molecular formula is C25H24ClNO7. The second-order valence-electron chi connectivity index (χ2n) is 7.62. The van der Waals surface area contributed by atoms with Crippen LogP contribution in [0.2, 0.25) is 5.02 Å². The SMILES string of the molecule is CCOc1cc(C2C(C(=O)c3cc4cc(Cl)ccc4o3)=C(O)C(=O)N2CCOC)ccc1OC. The van der Waals surface area contributed by atoms with Crippen molar-refractivity contribution >= 4 is 34.3 Å². The van der Waals surface area contributed by atoms with Crippen LogP contribution in [0.3, 0.4) is 0 Å². The molecule has 2 aromatic carbocycles. The zero-order chi connectivity index (χ0) is 24.4. The Hall–Kier alpha value is -3.49. The van der Waals surface area contributed by atoms with Gasteiger partial charge in [0.2, 0.25) is 5.78 Å². The van der Waals surface area contributed by atoms with E-state index in [9.17, 15) is 14.7 Å². The maximum absolute atomic E-state index is 13.6. The summed E-state index contributed by atoms with van der Waals surface area (Å²) in [4.78, 5) is 28.0. The molecule has 0 radical (unpaired) electrons. The van der Waals surface area contributed by atoms with Crippen molar-refractivity contribution in [3.05, 3.63) is 70.1 Å². The molecule has 1 N–H and O–H groups in total. The first-order valence-electron chi connectivity index (χ1n) is 10.7. The fourth-order valence-electron chi connectivity index (χ4n) is 4.04. The Kier molecular flexibility index (Phi) is 6.81. The molecule has 1 aromatic heterocycles. The first kappa shape index (κ1) is 23.7. The fourth-order valence-corrected chi connectivity index (χ4v) is 4.22. The van der Waals surface area contributed by atoms with Crippen LogP contribution in [0.4, 0.5) is 0 Å². The number of Topliss-reactive ketones (excluding diaryl/α,β-unsaturated/α-hetero) is 1. The highest BCUT2D eigenvalue weighted by molar-refractivity contribution is 6.31. The lowest BCUT2D eigenvalue weighted by Crippen LogP contribution is -2.34. The monoisotopic (exact) mass is 485 g/mol. The van der Waals surface area contributed by atoms with Crippen LogP contribution in [0.25, 0.3) is 11.0 Å². The minimum Gasteiger partial charge on any atom is -0.503 e. The summed E-state index contributed by atoms with van der Waals surface area (Å²) in [6.45, 7) is 2.61. The smallest absolute Gasteiger partial charge is 0.290 e. The highest BCUT2D eigenvalue weighted by Crippen LogP contribution is 2.42. The highest BCUT2D eigenvalue weighted by atomic mass is 35.5. The zero-order valence-corrected chi connectivity index (χ0v) is 19.7. The Labute approximate surface area is 201 Å². The molecule has 4 rings (SSSR count). The first-order chi connectivity index (χ1) is 16.4. The molecule has 9 heteroatoms. The van der Waals surface area contributed by atoms with Crippen molar-refractivity contribution in [1.29, 1.82) is 0 Å². The number of ether oxygens (including phenoxy) is 3. The molecule has 34 heavy (non-hydrogen) atoms. The van der Waals surface area contributed by atoms with E-state index >= 15 is 0 Å². The minimum absolute atomic E-state index is 0.0104. The Morgan fingerprint density at radius 1 is 1.15 bits per heavy atom. The summed E-state index contributed by atoms with van der Waals surface area (Å²) in [5.41, 5.74) is 0.951. The van der Waals surface area contributed by atoms with Crippen LogP contribution in [-0.4, -0.2) is 55.7 Å². The van der Waals surface area contributed by atoms with E-state index in [4.69, 9.17) is 30.2 Å². The van der Waals surface area contributed by atoms with Gasteiger partial charge in [0, 0.05) is 24.1 Å². The number of carbonyl (C=O) groups excluding carboxylic acids is 2. The number of fused-ring (bicyclic) bond motifs is 1. The average molecular weight is 486 g/mol. The molecule has 0 aliphatic carbocycles. The number of nitrogens with zero attached hydrogens (tertiary/aromatic N) is 1. The molecule has 178 valence electrons. The van der Waals surface area contributed by atoms with E-state index in [-0.39, 0.29) is 24.5 Å². The van der Waals surface area contributed by atoms with Gasteiger partial charge in [0.05, 0.1) is 31.9 Å². The van der Waals surface area contributed by atoms with Crippen LogP contribution in [0.1, 0.15) is 29.1 Å². The van der Waals surface area contributed by atoms with E-state index in [1.54, 1.807) is 42.5 Å². The van der Waals surface area contributed by atoms with E-state index in [1.807, 2.05) is 6.92 Å². The summed E-state index contributed by atoms with van der Waals surface area (Å²) in [7, 11) is 3.03. The van der Waals surface area contributed by atoms with Gasteiger partial charge >= 0.3 is 0 Å². The number of methoxy groups -OCH3 is 2. The molecule has 0 saturated carbocycles. The number of benzene rings is 2. The Balaban J connectivity index is 1.82. The van der Waals surface area contributed by atoms with Gasteiger partial charge in [-0.3, -0.25) is 9.59 Å². The first-order valence-corrected chi connectivity index (χ1v) is 11.0. The molecule has 3 aromatic rings. The van der Waals surface area contributed by atoms with Gasteiger partial charge in [-0.1, -0.05) is 17.7 Å². The third-order valence-corrected chi connectivity index (χ3v) is 5.83. The molecule has 1 unspecified atom stereocenters. The third-order valence-electron chi connectivity index (χ3n) is 5.59. The van der Waals surface area contributed by atoms with Gasteiger partial charge < -0.3 is 28.6 Å². The maximum Gasteiger partial charge on any atom is 0.290 e. The number of furan rings is 1. The fraction of sp³-hybridized carbons (Fsp3) is 0.280. The van der Waals surface area contributed by atoms with Crippen molar-refractivity contribution in [2.75, 3.05) is 34.0 Å². The van der Waals surface area contributed by atoms with E-state index in [0.717, 1.165) is 0 Å². The molecular weight excluding hydrogens is 462 g/mol. The number of carbonyl (C=O) groups is 2. The lowest BCUT2D eigenvalue weighted by molar-refractivity contribution is -0.130. The van der Waals surface area contributed by atoms with E-state index in [2.05, 4.69) is 0 Å². The average Bonchev–Trinajstić information content (AvgIpc) is 3.36. The predicted molar refractivity (Wildman–Crippen MR) is 126 cm³/mol. The Bertz CT molecular complexity index is 1280. The second kappa shape index (κ2) is 9.79. The van der Waals surface area contributed by atoms with Crippen molar-refractivity contribution in [2.24, 2.45) is 0 Å². The summed E-state index contributed by atoms with van der Waals surface area (Å²) in [6, 6.07) is 10.8. The quantitative estimate of drug-likeness (QED) is 0.438. The molecule has 1 aliphatic heterocycles. The molecule has 1 amide bonds. The molecule has 0 bridgehead atoms.